The Morgan fingerprint density at radius 1 is 1.54 bits per heavy atom. The van der Waals surface area contributed by atoms with Crippen LogP contribution in [0.1, 0.15) is 12.5 Å². The lowest BCUT2D eigenvalue weighted by Crippen LogP contribution is -2.36. The number of aromatic hydroxyl groups is 1. The van der Waals surface area contributed by atoms with Crippen LogP contribution in [0.15, 0.2) is 18.2 Å². The summed E-state index contributed by atoms with van der Waals surface area (Å²) in [6.45, 7) is 1.30. The number of halogens is 1. The summed E-state index contributed by atoms with van der Waals surface area (Å²) in [5.41, 5.74) is 5.13. The SMILES string of the molecule is CC(N)(CO)c1ccc(O)c(F)c1. The highest BCUT2D eigenvalue weighted by atomic mass is 19.1. The lowest BCUT2D eigenvalue weighted by Gasteiger charge is -2.22. The Kier molecular flexibility index (Phi) is 2.54. The third-order valence-electron chi connectivity index (χ3n) is 1.94. The summed E-state index contributed by atoms with van der Waals surface area (Å²) >= 11 is 0. The maximum atomic E-state index is 12.9. The van der Waals surface area contributed by atoms with E-state index in [-0.39, 0.29) is 6.61 Å². The van der Waals surface area contributed by atoms with Gasteiger partial charge in [0, 0.05) is 0 Å². The normalized spacial score (nSPS) is 15.4. The minimum atomic E-state index is -0.978. The minimum absolute atomic E-state index is 0.281. The van der Waals surface area contributed by atoms with Gasteiger partial charge in [-0.25, -0.2) is 4.39 Å². The van der Waals surface area contributed by atoms with Crippen molar-refractivity contribution in [1.29, 1.82) is 0 Å². The maximum absolute atomic E-state index is 12.9. The quantitative estimate of drug-likeness (QED) is 0.635. The zero-order valence-electron chi connectivity index (χ0n) is 7.29. The highest BCUT2D eigenvalue weighted by Gasteiger charge is 2.20. The van der Waals surface area contributed by atoms with E-state index < -0.39 is 17.1 Å². The van der Waals surface area contributed by atoms with Crippen LogP contribution >= 0.6 is 0 Å². The highest BCUT2D eigenvalue weighted by molar-refractivity contribution is 5.32. The van der Waals surface area contributed by atoms with Gasteiger partial charge < -0.3 is 15.9 Å². The molecule has 13 heavy (non-hydrogen) atoms. The number of benzene rings is 1. The van der Waals surface area contributed by atoms with E-state index in [1.54, 1.807) is 6.92 Å². The fraction of sp³-hybridized carbons (Fsp3) is 0.333. The van der Waals surface area contributed by atoms with Crippen LogP contribution in [-0.2, 0) is 5.54 Å². The molecule has 72 valence electrons. The number of hydrogen-bond donors (Lipinski definition) is 3. The first-order valence-electron chi connectivity index (χ1n) is 3.86. The van der Waals surface area contributed by atoms with E-state index in [0.29, 0.717) is 5.56 Å². The summed E-state index contributed by atoms with van der Waals surface area (Å²) in [6.07, 6.45) is 0. The van der Waals surface area contributed by atoms with E-state index in [9.17, 15) is 4.39 Å². The Labute approximate surface area is 75.6 Å². The molecule has 4 N–H and O–H groups in total. The van der Waals surface area contributed by atoms with Gasteiger partial charge >= 0.3 is 0 Å². The topological polar surface area (TPSA) is 66.5 Å². The maximum Gasteiger partial charge on any atom is 0.165 e. The van der Waals surface area contributed by atoms with E-state index in [2.05, 4.69) is 0 Å². The van der Waals surface area contributed by atoms with Crippen LogP contribution in [-0.4, -0.2) is 16.8 Å². The van der Waals surface area contributed by atoms with Gasteiger partial charge in [-0.2, -0.15) is 0 Å². The van der Waals surface area contributed by atoms with E-state index in [1.807, 2.05) is 0 Å². The molecule has 0 aliphatic rings. The first-order valence-corrected chi connectivity index (χ1v) is 3.86. The van der Waals surface area contributed by atoms with Crippen LogP contribution in [0.5, 0.6) is 5.75 Å². The van der Waals surface area contributed by atoms with Crippen molar-refractivity contribution in [2.45, 2.75) is 12.5 Å². The number of hydrogen-bond acceptors (Lipinski definition) is 3. The predicted octanol–water partition coefficient (Wildman–Crippen LogP) is 0.697. The number of aliphatic hydroxyl groups excluding tert-OH is 1. The average Bonchev–Trinajstić information content (AvgIpc) is 2.09. The summed E-state index contributed by atoms with van der Waals surface area (Å²) in [5.74, 6) is -1.15. The molecule has 4 heteroatoms. The van der Waals surface area contributed by atoms with E-state index in [0.717, 1.165) is 6.07 Å². The van der Waals surface area contributed by atoms with Crippen molar-refractivity contribution in [3.05, 3.63) is 29.6 Å². The Balaban J connectivity index is 3.10. The van der Waals surface area contributed by atoms with E-state index >= 15 is 0 Å². The Bertz CT molecular complexity index is 312. The van der Waals surface area contributed by atoms with E-state index in [4.69, 9.17) is 15.9 Å². The van der Waals surface area contributed by atoms with Gasteiger partial charge in [0.2, 0.25) is 0 Å². The lowest BCUT2D eigenvalue weighted by molar-refractivity contribution is 0.209. The molecule has 0 aromatic heterocycles. The highest BCUT2D eigenvalue weighted by Crippen LogP contribution is 2.22. The van der Waals surface area contributed by atoms with Gasteiger partial charge in [0.15, 0.2) is 11.6 Å². The second-order valence-electron chi connectivity index (χ2n) is 3.24. The second kappa shape index (κ2) is 3.32. The fourth-order valence-corrected chi connectivity index (χ4v) is 0.953. The van der Waals surface area contributed by atoms with Crippen LogP contribution in [0, 0.1) is 5.82 Å². The first-order chi connectivity index (χ1) is 5.97. The summed E-state index contributed by atoms with van der Waals surface area (Å²) in [6, 6.07) is 3.81. The largest absolute Gasteiger partial charge is 0.505 e. The standard InChI is InChI=1S/C9H12FNO2/c1-9(11,5-12)6-2-3-8(13)7(10)4-6/h2-4,12-13H,5,11H2,1H3. The molecule has 0 bridgehead atoms. The molecule has 0 heterocycles. The predicted molar refractivity (Wildman–Crippen MR) is 46.7 cm³/mol. The van der Waals surface area contributed by atoms with Gasteiger partial charge in [-0.3, -0.25) is 0 Å². The average molecular weight is 185 g/mol. The molecule has 1 rings (SSSR count). The molecule has 0 amide bonds. The second-order valence-corrected chi connectivity index (χ2v) is 3.24. The monoisotopic (exact) mass is 185 g/mol. The van der Waals surface area contributed by atoms with Crippen molar-refractivity contribution in [3.8, 4) is 5.75 Å². The van der Waals surface area contributed by atoms with Crippen molar-refractivity contribution < 1.29 is 14.6 Å². The molecule has 3 nitrogen and oxygen atoms in total. The van der Waals surface area contributed by atoms with Gasteiger partial charge in [0.1, 0.15) is 0 Å². The summed E-state index contributed by atoms with van der Waals surface area (Å²) < 4.78 is 12.9. The molecule has 0 aliphatic carbocycles. The molecular formula is C9H12FNO2. The summed E-state index contributed by atoms with van der Waals surface area (Å²) in [7, 11) is 0. The number of phenols is 1. The van der Waals surface area contributed by atoms with Gasteiger partial charge in [0.25, 0.3) is 0 Å². The van der Waals surface area contributed by atoms with Gasteiger partial charge in [-0.05, 0) is 24.6 Å². The summed E-state index contributed by atoms with van der Waals surface area (Å²) in [4.78, 5) is 0. The van der Waals surface area contributed by atoms with E-state index in [1.165, 1.54) is 12.1 Å². The zero-order chi connectivity index (χ0) is 10.1. The molecule has 0 fully saturated rings. The van der Waals surface area contributed by atoms with Crippen LogP contribution < -0.4 is 5.73 Å². The fourth-order valence-electron chi connectivity index (χ4n) is 0.953. The van der Waals surface area contributed by atoms with Crippen LogP contribution in [0.3, 0.4) is 0 Å². The van der Waals surface area contributed by atoms with Crippen LogP contribution in [0.4, 0.5) is 4.39 Å². The third kappa shape index (κ3) is 1.96. The Morgan fingerprint density at radius 3 is 2.62 bits per heavy atom. The number of aliphatic hydroxyl groups is 1. The molecule has 1 unspecified atom stereocenters. The van der Waals surface area contributed by atoms with Crippen LogP contribution in [0.2, 0.25) is 0 Å². The van der Waals surface area contributed by atoms with Gasteiger partial charge in [0.05, 0.1) is 12.1 Å². The molecule has 1 aromatic carbocycles. The molecule has 0 saturated heterocycles. The molecule has 0 spiro atoms. The Morgan fingerprint density at radius 2 is 2.15 bits per heavy atom. The number of nitrogens with two attached hydrogens (primary N) is 1. The molecule has 0 aliphatic heterocycles. The zero-order valence-corrected chi connectivity index (χ0v) is 7.29. The van der Waals surface area contributed by atoms with Gasteiger partial charge in [-0.15, -0.1) is 0 Å². The first kappa shape index (κ1) is 9.95. The van der Waals surface area contributed by atoms with Crippen LogP contribution in [0.25, 0.3) is 0 Å². The smallest absolute Gasteiger partial charge is 0.165 e. The summed E-state index contributed by atoms with van der Waals surface area (Å²) in [5, 5.41) is 17.8. The molecule has 0 radical (unpaired) electrons. The van der Waals surface area contributed by atoms with Crippen molar-refractivity contribution in [2.75, 3.05) is 6.61 Å². The molecule has 0 saturated carbocycles. The molecule has 1 atom stereocenters. The van der Waals surface area contributed by atoms with Crippen molar-refractivity contribution in [2.24, 2.45) is 5.73 Å². The minimum Gasteiger partial charge on any atom is -0.505 e. The van der Waals surface area contributed by atoms with Crippen molar-refractivity contribution >= 4 is 0 Å². The molecule has 1 aromatic rings. The third-order valence-corrected chi connectivity index (χ3v) is 1.94. The number of phenolic OH excluding ortho intramolecular Hbond substituents is 1. The Hall–Kier alpha value is -1.13. The van der Waals surface area contributed by atoms with Crippen molar-refractivity contribution in [1.82, 2.24) is 0 Å². The van der Waals surface area contributed by atoms with Gasteiger partial charge in [-0.1, -0.05) is 6.07 Å². The van der Waals surface area contributed by atoms with Crippen molar-refractivity contribution in [3.63, 3.8) is 0 Å². The lowest BCUT2D eigenvalue weighted by atomic mass is 9.94. The molecular weight excluding hydrogens is 173 g/mol. The number of rotatable bonds is 2.